The van der Waals surface area contributed by atoms with Crippen LogP contribution in [0.15, 0.2) is 79.4 Å². The Kier molecular flexibility index (Phi) is 5.17. The minimum Gasteiger partial charge on any atom is -0.508 e. The Bertz CT molecular complexity index is 1140. The van der Waals surface area contributed by atoms with E-state index >= 15 is 0 Å². The summed E-state index contributed by atoms with van der Waals surface area (Å²) in [5.41, 5.74) is 3.65. The van der Waals surface area contributed by atoms with Gasteiger partial charge in [-0.1, -0.05) is 30.3 Å². The van der Waals surface area contributed by atoms with Crippen LogP contribution in [0.5, 0.6) is 17.2 Å². The summed E-state index contributed by atoms with van der Waals surface area (Å²) in [6, 6.07) is 17.6. The van der Waals surface area contributed by atoms with Crippen molar-refractivity contribution in [2.45, 2.75) is 6.54 Å². The summed E-state index contributed by atoms with van der Waals surface area (Å²) >= 11 is 0. The lowest BCUT2D eigenvalue weighted by atomic mass is 9.89. The van der Waals surface area contributed by atoms with Crippen LogP contribution in [0.3, 0.4) is 0 Å². The van der Waals surface area contributed by atoms with Gasteiger partial charge < -0.3 is 19.9 Å². The van der Waals surface area contributed by atoms with Gasteiger partial charge in [0, 0.05) is 0 Å². The Morgan fingerprint density at radius 2 is 1.23 bits per heavy atom. The number of aromatic hydroxyl groups is 3. The highest BCUT2D eigenvalue weighted by Crippen LogP contribution is 2.35. The summed E-state index contributed by atoms with van der Waals surface area (Å²) in [6.45, 7) is 0.328. The molecule has 7 heteroatoms. The smallest absolute Gasteiger partial charge is 0.165 e. The standard InChI is InChI=1S/C23H18FN3O3/c24-21-11-17(5-10-22(21)30)20(12-27-13-25-26-14-27)23(15-1-6-18(28)7-2-15)16-3-8-19(29)9-4-16/h1-11,13-14,28-30H,12H2. The number of phenolic OH excluding ortho intramolecular Hbond substituents is 3. The van der Waals surface area contributed by atoms with Crippen molar-refractivity contribution in [1.82, 2.24) is 14.8 Å². The minimum atomic E-state index is -0.732. The van der Waals surface area contributed by atoms with Crippen molar-refractivity contribution in [2.75, 3.05) is 0 Å². The molecule has 3 N–H and O–H groups in total. The number of hydrogen-bond donors (Lipinski definition) is 3. The number of rotatable bonds is 5. The molecule has 4 rings (SSSR count). The van der Waals surface area contributed by atoms with Gasteiger partial charge in [0.2, 0.25) is 0 Å². The third-order valence-electron chi connectivity index (χ3n) is 4.72. The van der Waals surface area contributed by atoms with Gasteiger partial charge in [0.05, 0.1) is 6.54 Å². The summed E-state index contributed by atoms with van der Waals surface area (Å²) in [7, 11) is 0. The molecule has 0 fully saturated rings. The lowest BCUT2D eigenvalue weighted by Gasteiger charge is -2.18. The molecule has 0 aliphatic carbocycles. The highest BCUT2D eigenvalue weighted by molar-refractivity contribution is 5.98. The van der Waals surface area contributed by atoms with Gasteiger partial charge in [0.1, 0.15) is 24.2 Å². The molecule has 6 nitrogen and oxygen atoms in total. The van der Waals surface area contributed by atoms with Gasteiger partial charge >= 0.3 is 0 Å². The number of benzene rings is 3. The maximum Gasteiger partial charge on any atom is 0.165 e. The summed E-state index contributed by atoms with van der Waals surface area (Å²) in [6.07, 6.45) is 3.12. The molecule has 0 aliphatic rings. The van der Waals surface area contributed by atoms with Gasteiger partial charge in [-0.2, -0.15) is 0 Å². The van der Waals surface area contributed by atoms with Crippen LogP contribution in [0.1, 0.15) is 16.7 Å². The predicted molar refractivity (Wildman–Crippen MR) is 110 cm³/mol. The lowest BCUT2D eigenvalue weighted by Crippen LogP contribution is -2.03. The molecule has 1 heterocycles. The van der Waals surface area contributed by atoms with Gasteiger partial charge in [0.25, 0.3) is 0 Å². The summed E-state index contributed by atoms with van der Waals surface area (Å²) < 4.78 is 16.0. The summed E-state index contributed by atoms with van der Waals surface area (Å²) in [5, 5.41) is 36.8. The molecule has 0 spiro atoms. The maximum absolute atomic E-state index is 14.2. The molecular formula is C23H18FN3O3. The van der Waals surface area contributed by atoms with Crippen LogP contribution < -0.4 is 0 Å². The normalized spacial score (nSPS) is 10.7. The zero-order valence-corrected chi connectivity index (χ0v) is 15.8. The molecule has 4 aromatic rings. The number of phenols is 3. The van der Waals surface area contributed by atoms with E-state index in [2.05, 4.69) is 10.2 Å². The van der Waals surface area contributed by atoms with Crippen molar-refractivity contribution >= 4 is 11.1 Å². The first-order valence-corrected chi connectivity index (χ1v) is 9.14. The molecule has 0 radical (unpaired) electrons. The average Bonchev–Trinajstić information content (AvgIpc) is 3.25. The van der Waals surface area contributed by atoms with E-state index in [1.807, 2.05) is 0 Å². The fraction of sp³-hybridized carbons (Fsp3) is 0.0435. The van der Waals surface area contributed by atoms with Crippen LogP contribution in [0.25, 0.3) is 11.1 Å². The van der Waals surface area contributed by atoms with Gasteiger partial charge in [-0.05, 0) is 64.2 Å². The Hall–Kier alpha value is -4.13. The number of halogens is 1. The molecule has 0 saturated heterocycles. The lowest BCUT2D eigenvalue weighted by molar-refractivity contribution is 0.432. The van der Waals surface area contributed by atoms with Crippen molar-refractivity contribution in [3.8, 4) is 17.2 Å². The van der Waals surface area contributed by atoms with Gasteiger partial charge in [-0.25, -0.2) is 4.39 Å². The molecule has 30 heavy (non-hydrogen) atoms. The zero-order valence-electron chi connectivity index (χ0n) is 15.8. The zero-order chi connectivity index (χ0) is 21.1. The summed E-state index contributed by atoms with van der Waals surface area (Å²) in [4.78, 5) is 0. The fourth-order valence-corrected chi connectivity index (χ4v) is 3.27. The predicted octanol–water partition coefficient (Wildman–Crippen LogP) is 4.19. The molecule has 0 unspecified atom stereocenters. The monoisotopic (exact) mass is 403 g/mol. The van der Waals surface area contributed by atoms with E-state index in [-0.39, 0.29) is 11.5 Å². The van der Waals surface area contributed by atoms with Crippen molar-refractivity contribution in [3.63, 3.8) is 0 Å². The Morgan fingerprint density at radius 3 is 1.73 bits per heavy atom. The summed E-state index contributed by atoms with van der Waals surface area (Å²) in [5.74, 6) is -0.914. The molecule has 0 saturated carbocycles. The molecule has 0 aliphatic heterocycles. The van der Waals surface area contributed by atoms with E-state index < -0.39 is 11.6 Å². The van der Waals surface area contributed by atoms with E-state index in [1.54, 1.807) is 71.8 Å². The number of nitrogens with zero attached hydrogens (tertiary/aromatic N) is 3. The highest BCUT2D eigenvalue weighted by Gasteiger charge is 2.17. The second kappa shape index (κ2) is 8.08. The first-order chi connectivity index (χ1) is 14.5. The fourth-order valence-electron chi connectivity index (χ4n) is 3.27. The van der Waals surface area contributed by atoms with E-state index in [0.717, 1.165) is 22.3 Å². The van der Waals surface area contributed by atoms with Gasteiger partial charge in [-0.3, -0.25) is 0 Å². The van der Waals surface area contributed by atoms with E-state index in [4.69, 9.17) is 0 Å². The molecule has 150 valence electrons. The average molecular weight is 403 g/mol. The highest BCUT2D eigenvalue weighted by atomic mass is 19.1. The first-order valence-electron chi connectivity index (χ1n) is 9.14. The Morgan fingerprint density at radius 1 is 0.733 bits per heavy atom. The largest absolute Gasteiger partial charge is 0.508 e. The third-order valence-corrected chi connectivity index (χ3v) is 4.72. The Labute approximate surface area is 171 Å². The first kappa shape index (κ1) is 19.2. The molecule has 0 atom stereocenters. The minimum absolute atomic E-state index is 0.125. The second-order valence-corrected chi connectivity index (χ2v) is 6.75. The molecule has 1 aromatic heterocycles. The van der Waals surface area contributed by atoms with Crippen LogP contribution >= 0.6 is 0 Å². The molecule has 0 amide bonds. The number of allylic oxidation sites excluding steroid dienone is 1. The number of hydrogen-bond acceptors (Lipinski definition) is 5. The van der Waals surface area contributed by atoms with Crippen molar-refractivity contribution < 1.29 is 19.7 Å². The topological polar surface area (TPSA) is 91.4 Å². The molecular weight excluding hydrogens is 385 g/mol. The van der Waals surface area contributed by atoms with Crippen LogP contribution in [0.2, 0.25) is 0 Å². The molecule has 3 aromatic carbocycles. The second-order valence-electron chi connectivity index (χ2n) is 6.75. The van der Waals surface area contributed by atoms with Crippen molar-refractivity contribution in [3.05, 3.63) is 102 Å². The van der Waals surface area contributed by atoms with Crippen LogP contribution in [-0.2, 0) is 6.54 Å². The van der Waals surface area contributed by atoms with E-state index in [0.29, 0.717) is 12.1 Å². The van der Waals surface area contributed by atoms with Gasteiger partial charge in [-0.15, -0.1) is 10.2 Å². The third kappa shape index (κ3) is 4.00. The van der Waals surface area contributed by atoms with Crippen molar-refractivity contribution in [2.24, 2.45) is 0 Å². The quantitative estimate of drug-likeness (QED) is 0.435. The van der Waals surface area contributed by atoms with Crippen LogP contribution in [-0.4, -0.2) is 30.1 Å². The Balaban J connectivity index is 2.01. The van der Waals surface area contributed by atoms with E-state index in [1.165, 1.54) is 12.1 Å². The molecule has 0 bridgehead atoms. The SMILES string of the molecule is Oc1ccc(C(=C(Cn2cnnc2)c2ccc(O)c(F)c2)c2ccc(O)cc2)cc1. The van der Waals surface area contributed by atoms with Crippen LogP contribution in [0, 0.1) is 5.82 Å². The van der Waals surface area contributed by atoms with Crippen molar-refractivity contribution in [1.29, 1.82) is 0 Å². The number of aromatic nitrogens is 3. The maximum atomic E-state index is 14.2. The van der Waals surface area contributed by atoms with E-state index in [9.17, 15) is 19.7 Å². The van der Waals surface area contributed by atoms with Gasteiger partial charge in [0.15, 0.2) is 11.6 Å². The van der Waals surface area contributed by atoms with Crippen LogP contribution in [0.4, 0.5) is 4.39 Å².